The molecule has 1 aromatic carbocycles. The van der Waals surface area contributed by atoms with Crippen LogP contribution in [-0.2, 0) is 6.42 Å². The molecule has 19 heavy (non-hydrogen) atoms. The Morgan fingerprint density at radius 3 is 2.68 bits per heavy atom. The maximum Gasteiger partial charge on any atom is 0.0701 e. The van der Waals surface area contributed by atoms with Gasteiger partial charge < -0.3 is 5.32 Å². The topological polar surface area (TPSA) is 12.0 Å². The van der Waals surface area contributed by atoms with Gasteiger partial charge in [-0.1, -0.05) is 42.3 Å². The van der Waals surface area contributed by atoms with Gasteiger partial charge in [-0.3, -0.25) is 0 Å². The highest BCUT2D eigenvalue weighted by Gasteiger charge is 2.15. The van der Waals surface area contributed by atoms with Gasteiger partial charge in [0.1, 0.15) is 0 Å². The van der Waals surface area contributed by atoms with Crippen LogP contribution in [-0.4, -0.2) is 6.54 Å². The first-order valence-corrected chi connectivity index (χ1v) is 8.40. The van der Waals surface area contributed by atoms with Crippen LogP contribution in [0.5, 0.6) is 0 Å². The van der Waals surface area contributed by atoms with Gasteiger partial charge in [0.25, 0.3) is 0 Å². The second-order valence-corrected chi connectivity index (χ2v) is 7.45. The van der Waals surface area contributed by atoms with Gasteiger partial charge in [-0.15, -0.1) is 11.3 Å². The Hall–Kier alpha value is -0.0600. The molecular formula is C14H14BrCl2NS. The molecule has 1 nitrogen and oxygen atoms in total. The first kappa shape index (κ1) is 15.3. The lowest BCUT2D eigenvalue weighted by Crippen LogP contribution is -2.22. The molecule has 0 saturated heterocycles. The van der Waals surface area contributed by atoms with Crippen molar-refractivity contribution in [1.29, 1.82) is 0 Å². The van der Waals surface area contributed by atoms with Crippen LogP contribution in [0.3, 0.4) is 0 Å². The van der Waals surface area contributed by atoms with Crippen LogP contribution >= 0.6 is 50.5 Å². The summed E-state index contributed by atoms with van der Waals surface area (Å²) >= 11 is 17.6. The Kier molecular flexibility index (Phi) is 5.72. The number of thiophene rings is 1. The number of halogens is 3. The molecule has 5 heteroatoms. The van der Waals surface area contributed by atoms with Crippen LogP contribution in [0.2, 0.25) is 10.0 Å². The fourth-order valence-electron chi connectivity index (χ4n) is 1.96. The summed E-state index contributed by atoms with van der Waals surface area (Å²) < 4.78 is 1.14. The minimum Gasteiger partial charge on any atom is -0.309 e. The zero-order chi connectivity index (χ0) is 13.8. The number of hydrogen-bond acceptors (Lipinski definition) is 2. The van der Waals surface area contributed by atoms with E-state index in [0.717, 1.165) is 22.3 Å². The van der Waals surface area contributed by atoms with Crippen LogP contribution in [0.1, 0.15) is 23.4 Å². The molecule has 0 spiro atoms. The maximum absolute atomic E-state index is 6.26. The molecule has 102 valence electrons. The van der Waals surface area contributed by atoms with Gasteiger partial charge in [0.2, 0.25) is 0 Å². The average Bonchev–Trinajstić information content (AvgIpc) is 2.81. The summed E-state index contributed by atoms with van der Waals surface area (Å²) in [5.41, 5.74) is 1.07. The van der Waals surface area contributed by atoms with Gasteiger partial charge >= 0.3 is 0 Å². The molecular weight excluding hydrogens is 365 g/mol. The third kappa shape index (κ3) is 3.96. The molecule has 2 rings (SSSR count). The third-order valence-electron chi connectivity index (χ3n) is 2.84. The molecule has 0 bridgehead atoms. The zero-order valence-electron chi connectivity index (χ0n) is 10.4. The van der Waals surface area contributed by atoms with E-state index in [2.05, 4.69) is 40.3 Å². The van der Waals surface area contributed by atoms with E-state index in [4.69, 9.17) is 23.2 Å². The summed E-state index contributed by atoms with van der Waals surface area (Å²) in [5.74, 6) is 0. The Labute approximate surface area is 136 Å². The monoisotopic (exact) mass is 377 g/mol. The summed E-state index contributed by atoms with van der Waals surface area (Å²) in [4.78, 5) is 1.30. The third-order valence-corrected chi connectivity index (χ3v) is 5.44. The summed E-state index contributed by atoms with van der Waals surface area (Å²) in [7, 11) is 0. The molecule has 0 amide bonds. The minimum atomic E-state index is 0.261. The smallest absolute Gasteiger partial charge is 0.0701 e. The highest BCUT2D eigenvalue weighted by atomic mass is 79.9. The van der Waals surface area contributed by atoms with Crippen molar-refractivity contribution in [3.05, 3.63) is 54.6 Å². The quantitative estimate of drug-likeness (QED) is 0.702. The van der Waals surface area contributed by atoms with Crippen molar-refractivity contribution in [3.63, 3.8) is 0 Å². The van der Waals surface area contributed by atoms with E-state index in [1.54, 1.807) is 11.3 Å². The number of likely N-dealkylation sites (N-methyl/N-ethyl adjacent to an activating group) is 1. The van der Waals surface area contributed by atoms with Crippen molar-refractivity contribution in [1.82, 2.24) is 5.32 Å². The predicted octanol–water partition coefficient (Wildman–Crippen LogP) is 5.71. The lowest BCUT2D eigenvalue weighted by atomic mass is 10.0. The van der Waals surface area contributed by atoms with E-state index in [-0.39, 0.29) is 6.04 Å². The Morgan fingerprint density at radius 1 is 1.26 bits per heavy atom. The molecule has 0 radical (unpaired) electrons. The SMILES string of the molecule is CCNC(Cc1cccc(Cl)c1Cl)c1ccc(Br)s1. The molecule has 0 saturated carbocycles. The molecule has 1 heterocycles. The lowest BCUT2D eigenvalue weighted by Gasteiger charge is -2.17. The molecule has 0 aliphatic rings. The van der Waals surface area contributed by atoms with Crippen molar-refractivity contribution >= 4 is 50.5 Å². The fourth-order valence-corrected chi connectivity index (χ4v) is 3.86. The second kappa shape index (κ2) is 7.09. The Balaban J connectivity index is 2.23. The summed E-state index contributed by atoms with van der Waals surface area (Å²) in [5, 5.41) is 4.76. The minimum absolute atomic E-state index is 0.261. The van der Waals surface area contributed by atoms with Crippen molar-refractivity contribution in [2.45, 2.75) is 19.4 Å². The molecule has 1 unspecified atom stereocenters. The molecule has 0 fully saturated rings. The van der Waals surface area contributed by atoms with Gasteiger partial charge in [0, 0.05) is 10.9 Å². The van der Waals surface area contributed by atoms with Crippen LogP contribution in [0.15, 0.2) is 34.1 Å². The number of hydrogen-bond donors (Lipinski definition) is 1. The summed E-state index contributed by atoms with van der Waals surface area (Å²) in [6.45, 7) is 3.02. The van der Waals surface area contributed by atoms with Crippen LogP contribution in [0, 0.1) is 0 Å². The molecule has 1 atom stereocenters. The van der Waals surface area contributed by atoms with Gasteiger partial charge in [0.05, 0.1) is 13.8 Å². The molecule has 1 aromatic heterocycles. The van der Waals surface area contributed by atoms with Gasteiger partial charge in [0.15, 0.2) is 0 Å². The normalized spacial score (nSPS) is 12.6. The van der Waals surface area contributed by atoms with Crippen LogP contribution < -0.4 is 5.32 Å². The van der Waals surface area contributed by atoms with Crippen molar-refractivity contribution < 1.29 is 0 Å². The zero-order valence-corrected chi connectivity index (χ0v) is 14.3. The standard InChI is InChI=1S/C14H14BrCl2NS/c1-2-18-11(12-6-7-13(15)19-12)8-9-4-3-5-10(16)14(9)17/h3-7,11,18H,2,8H2,1H3. The van der Waals surface area contributed by atoms with Crippen LogP contribution in [0.4, 0.5) is 0 Å². The van der Waals surface area contributed by atoms with Gasteiger partial charge in [-0.05, 0) is 52.7 Å². The van der Waals surface area contributed by atoms with E-state index < -0.39 is 0 Å². The largest absolute Gasteiger partial charge is 0.309 e. The van der Waals surface area contributed by atoms with E-state index in [9.17, 15) is 0 Å². The summed E-state index contributed by atoms with van der Waals surface area (Å²) in [6.07, 6.45) is 0.834. The molecule has 0 aliphatic heterocycles. The number of rotatable bonds is 5. The average molecular weight is 379 g/mol. The Morgan fingerprint density at radius 2 is 2.05 bits per heavy atom. The predicted molar refractivity (Wildman–Crippen MR) is 88.6 cm³/mol. The highest BCUT2D eigenvalue weighted by Crippen LogP contribution is 2.32. The first-order valence-electron chi connectivity index (χ1n) is 6.03. The summed E-state index contributed by atoms with van der Waals surface area (Å²) in [6, 6.07) is 10.3. The first-order chi connectivity index (χ1) is 9.11. The number of benzene rings is 1. The van der Waals surface area contributed by atoms with Gasteiger partial charge in [-0.25, -0.2) is 0 Å². The number of nitrogens with one attached hydrogen (secondary N) is 1. The van der Waals surface area contributed by atoms with Crippen LogP contribution in [0.25, 0.3) is 0 Å². The van der Waals surface area contributed by atoms with E-state index in [0.29, 0.717) is 10.0 Å². The van der Waals surface area contributed by atoms with E-state index >= 15 is 0 Å². The maximum atomic E-state index is 6.26. The second-order valence-electron chi connectivity index (χ2n) is 4.17. The van der Waals surface area contributed by atoms with E-state index in [1.165, 1.54) is 4.88 Å². The fraction of sp³-hybridized carbons (Fsp3) is 0.286. The van der Waals surface area contributed by atoms with Crippen molar-refractivity contribution in [2.75, 3.05) is 6.54 Å². The highest BCUT2D eigenvalue weighted by molar-refractivity contribution is 9.11. The van der Waals surface area contributed by atoms with Crippen molar-refractivity contribution in [2.24, 2.45) is 0 Å². The van der Waals surface area contributed by atoms with E-state index in [1.807, 2.05) is 18.2 Å². The molecule has 0 aliphatic carbocycles. The van der Waals surface area contributed by atoms with Gasteiger partial charge in [-0.2, -0.15) is 0 Å². The lowest BCUT2D eigenvalue weighted by molar-refractivity contribution is 0.558. The molecule has 2 aromatic rings. The Bertz CT molecular complexity index is 556. The van der Waals surface area contributed by atoms with Crippen molar-refractivity contribution in [3.8, 4) is 0 Å². The molecule has 1 N–H and O–H groups in total.